The highest BCUT2D eigenvalue weighted by Crippen LogP contribution is 2.09. The number of aryl methyl sites for hydroxylation is 1. The van der Waals surface area contributed by atoms with Crippen molar-refractivity contribution in [3.8, 4) is 0 Å². The fourth-order valence-electron chi connectivity index (χ4n) is 1.29. The number of nitrogens with zero attached hydrogens (tertiary/aromatic N) is 1. The molecule has 0 aromatic carbocycles. The number of Topliss-reactive ketones (excluding diaryl/α,β-unsaturated/α-hetero) is 1. The fourth-order valence-corrected chi connectivity index (χ4v) is 1.29. The van der Waals surface area contributed by atoms with Gasteiger partial charge in [0.1, 0.15) is 5.76 Å². The first-order chi connectivity index (χ1) is 6.50. The van der Waals surface area contributed by atoms with Gasteiger partial charge in [0.2, 0.25) is 5.78 Å². The molecule has 1 rings (SSSR count). The molecule has 1 unspecified atom stereocenters. The van der Waals surface area contributed by atoms with Crippen LogP contribution in [0.1, 0.15) is 36.5 Å². The molecule has 4 heteroatoms. The largest absolute Gasteiger partial charge is 0.361 e. The monoisotopic (exact) mass is 196 g/mol. The maximum atomic E-state index is 11.6. The van der Waals surface area contributed by atoms with Gasteiger partial charge in [-0.15, -0.1) is 0 Å². The van der Waals surface area contributed by atoms with E-state index in [4.69, 9.17) is 10.3 Å². The van der Waals surface area contributed by atoms with Crippen molar-refractivity contribution in [1.82, 2.24) is 5.16 Å². The van der Waals surface area contributed by atoms with Gasteiger partial charge >= 0.3 is 0 Å². The molecule has 0 aliphatic carbocycles. The van der Waals surface area contributed by atoms with Gasteiger partial charge < -0.3 is 10.3 Å². The minimum atomic E-state index is -0.473. The topological polar surface area (TPSA) is 69.1 Å². The first-order valence-electron chi connectivity index (χ1n) is 4.73. The van der Waals surface area contributed by atoms with Crippen molar-refractivity contribution < 1.29 is 9.32 Å². The van der Waals surface area contributed by atoms with Crippen molar-refractivity contribution in [2.45, 2.75) is 33.2 Å². The lowest BCUT2D eigenvalue weighted by molar-refractivity contribution is 0.0942. The van der Waals surface area contributed by atoms with Crippen molar-refractivity contribution in [3.63, 3.8) is 0 Å². The van der Waals surface area contributed by atoms with E-state index in [2.05, 4.69) is 5.16 Å². The summed E-state index contributed by atoms with van der Waals surface area (Å²) in [6, 6.07) is 1.14. The van der Waals surface area contributed by atoms with Crippen LogP contribution in [0, 0.1) is 12.8 Å². The lowest BCUT2D eigenvalue weighted by Gasteiger charge is -2.10. The Bertz CT molecular complexity index is 318. The summed E-state index contributed by atoms with van der Waals surface area (Å²) in [4.78, 5) is 11.6. The number of hydrogen-bond acceptors (Lipinski definition) is 4. The molecule has 0 saturated heterocycles. The molecular weight excluding hydrogens is 180 g/mol. The van der Waals surface area contributed by atoms with Gasteiger partial charge in [0.05, 0.1) is 6.04 Å². The zero-order valence-corrected chi connectivity index (χ0v) is 8.78. The van der Waals surface area contributed by atoms with Crippen molar-refractivity contribution in [3.05, 3.63) is 17.5 Å². The molecule has 0 fully saturated rings. The van der Waals surface area contributed by atoms with Crippen LogP contribution in [-0.2, 0) is 0 Å². The fraction of sp³-hybridized carbons (Fsp3) is 0.600. The second-order valence-corrected chi connectivity index (χ2v) is 3.92. The van der Waals surface area contributed by atoms with E-state index in [1.807, 2.05) is 13.8 Å². The van der Waals surface area contributed by atoms with E-state index in [-0.39, 0.29) is 5.78 Å². The highest BCUT2D eigenvalue weighted by atomic mass is 16.5. The number of ketones is 1. The second-order valence-electron chi connectivity index (χ2n) is 3.92. The first kappa shape index (κ1) is 10.9. The number of aromatic nitrogens is 1. The Morgan fingerprint density at radius 2 is 2.29 bits per heavy atom. The molecular formula is C10H16N2O2. The minimum Gasteiger partial charge on any atom is -0.361 e. The molecule has 1 aromatic heterocycles. The Kier molecular flexibility index (Phi) is 3.41. The van der Waals surface area contributed by atoms with Crippen LogP contribution in [0.5, 0.6) is 0 Å². The molecule has 0 bridgehead atoms. The molecule has 0 aliphatic rings. The molecule has 1 aromatic rings. The number of rotatable bonds is 4. The summed E-state index contributed by atoms with van der Waals surface area (Å²) in [6.45, 7) is 5.81. The molecule has 2 N–H and O–H groups in total. The van der Waals surface area contributed by atoms with Gasteiger partial charge in [-0.25, -0.2) is 0 Å². The van der Waals surface area contributed by atoms with Gasteiger partial charge in [-0.1, -0.05) is 19.0 Å². The van der Waals surface area contributed by atoms with E-state index in [1.54, 1.807) is 13.0 Å². The lowest BCUT2D eigenvalue weighted by atomic mass is 9.99. The summed E-state index contributed by atoms with van der Waals surface area (Å²) in [6.07, 6.45) is 0.671. The van der Waals surface area contributed by atoms with Crippen LogP contribution in [0.15, 0.2) is 10.6 Å². The Balaban J connectivity index is 2.65. The van der Waals surface area contributed by atoms with Crippen molar-refractivity contribution >= 4 is 5.78 Å². The first-order valence-corrected chi connectivity index (χ1v) is 4.73. The van der Waals surface area contributed by atoms with E-state index in [1.165, 1.54) is 0 Å². The van der Waals surface area contributed by atoms with Crippen molar-refractivity contribution in [1.29, 1.82) is 0 Å². The average Bonchev–Trinajstić information content (AvgIpc) is 2.49. The molecule has 0 radical (unpaired) electrons. The van der Waals surface area contributed by atoms with Crippen molar-refractivity contribution in [2.24, 2.45) is 11.7 Å². The summed E-state index contributed by atoms with van der Waals surface area (Å²) < 4.78 is 4.81. The second kappa shape index (κ2) is 4.37. The molecule has 1 heterocycles. The number of nitrogens with two attached hydrogens (primary N) is 1. The molecule has 0 amide bonds. The third-order valence-electron chi connectivity index (χ3n) is 1.94. The quantitative estimate of drug-likeness (QED) is 0.741. The Morgan fingerprint density at radius 1 is 1.64 bits per heavy atom. The molecule has 14 heavy (non-hydrogen) atoms. The van der Waals surface area contributed by atoms with Gasteiger partial charge in [-0.05, 0) is 19.3 Å². The van der Waals surface area contributed by atoms with E-state index < -0.39 is 6.04 Å². The van der Waals surface area contributed by atoms with Gasteiger partial charge in [0, 0.05) is 6.07 Å². The molecule has 0 spiro atoms. The maximum absolute atomic E-state index is 11.6. The minimum absolute atomic E-state index is 0.143. The molecule has 0 aliphatic heterocycles. The Hall–Kier alpha value is -1.16. The van der Waals surface area contributed by atoms with Gasteiger partial charge in [-0.3, -0.25) is 4.79 Å². The lowest BCUT2D eigenvalue weighted by Crippen LogP contribution is -2.32. The number of carbonyl (C=O) groups excluding carboxylic acids is 1. The van der Waals surface area contributed by atoms with Crippen LogP contribution in [0.4, 0.5) is 0 Å². The Labute approximate surface area is 83.5 Å². The van der Waals surface area contributed by atoms with Crippen LogP contribution < -0.4 is 5.73 Å². The van der Waals surface area contributed by atoms with Crippen LogP contribution >= 0.6 is 0 Å². The summed E-state index contributed by atoms with van der Waals surface area (Å²) in [5.74, 6) is 0.891. The molecule has 0 saturated carbocycles. The summed E-state index contributed by atoms with van der Waals surface area (Å²) >= 11 is 0. The molecule has 1 atom stereocenters. The third kappa shape index (κ3) is 2.67. The smallest absolute Gasteiger partial charge is 0.201 e. The SMILES string of the molecule is Cc1cc(C(=O)C(N)CC(C)C)no1. The van der Waals surface area contributed by atoms with Gasteiger partial charge in [-0.2, -0.15) is 0 Å². The zero-order valence-electron chi connectivity index (χ0n) is 8.78. The van der Waals surface area contributed by atoms with E-state index in [9.17, 15) is 4.79 Å². The maximum Gasteiger partial charge on any atom is 0.201 e. The zero-order chi connectivity index (χ0) is 10.7. The predicted molar refractivity (Wildman–Crippen MR) is 53.0 cm³/mol. The predicted octanol–water partition coefficient (Wildman–Crippen LogP) is 1.54. The van der Waals surface area contributed by atoms with Crippen LogP contribution in [0.25, 0.3) is 0 Å². The average molecular weight is 196 g/mol. The van der Waals surface area contributed by atoms with Crippen LogP contribution in [0.2, 0.25) is 0 Å². The molecule has 78 valence electrons. The van der Waals surface area contributed by atoms with Crippen molar-refractivity contribution in [2.75, 3.05) is 0 Å². The van der Waals surface area contributed by atoms with Crippen LogP contribution in [0.3, 0.4) is 0 Å². The summed E-state index contributed by atoms with van der Waals surface area (Å²) in [5.41, 5.74) is 6.06. The van der Waals surface area contributed by atoms with Gasteiger partial charge in [0.25, 0.3) is 0 Å². The third-order valence-corrected chi connectivity index (χ3v) is 1.94. The highest BCUT2D eigenvalue weighted by Gasteiger charge is 2.19. The van der Waals surface area contributed by atoms with Gasteiger partial charge in [0.15, 0.2) is 5.69 Å². The number of carbonyl (C=O) groups is 1. The normalized spacial score (nSPS) is 13.2. The number of hydrogen-bond donors (Lipinski definition) is 1. The highest BCUT2D eigenvalue weighted by molar-refractivity contribution is 5.98. The Morgan fingerprint density at radius 3 is 2.71 bits per heavy atom. The summed E-state index contributed by atoms with van der Waals surface area (Å²) in [5, 5.41) is 3.64. The van der Waals surface area contributed by atoms with Crippen LogP contribution in [-0.4, -0.2) is 17.0 Å². The van der Waals surface area contributed by atoms with E-state index >= 15 is 0 Å². The standard InChI is InChI=1S/C10H16N2O2/c1-6(2)4-8(11)10(13)9-5-7(3)14-12-9/h5-6,8H,4,11H2,1-3H3. The van der Waals surface area contributed by atoms with E-state index in [0.29, 0.717) is 23.8 Å². The van der Waals surface area contributed by atoms with E-state index in [0.717, 1.165) is 0 Å². The summed E-state index contributed by atoms with van der Waals surface area (Å²) in [7, 11) is 0. The molecule has 4 nitrogen and oxygen atoms in total.